The maximum absolute atomic E-state index is 5.36. The zero-order valence-corrected chi connectivity index (χ0v) is 13.5. The van der Waals surface area contributed by atoms with E-state index in [2.05, 4.69) is 47.8 Å². The summed E-state index contributed by atoms with van der Waals surface area (Å²) in [6.45, 7) is 3.03. The zero-order valence-electron chi connectivity index (χ0n) is 11.1. The van der Waals surface area contributed by atoms with Gasteiger partial charge in [-0.15, -0.1) is 11.3 Å². The molecule has 2 rings (SSSR count). The Hall–Kier alpha value is -1.45. The lowest BCUT2D eigenvalue weighted by molar-refractivity contribution is 0.312. The number of rotatable bonds is 6. The molecule has 0 amide bonds. The van der Waals surface area contributed by atoms with Gasteiger partial charge in [-0.3, -0.25) is 5.43 Å². The third-order valence-corrected chi connectivity index (χ3v) is 3.94. The molecule has 0 atom stereocenters. The van der Waals surface area contributed by atoms with Crippen molar-refractivity contribution in [2.45, 2.75) is 13.5 Å². The number of nitrogens with zero attached hydrogens (tertiary/aromatic N) is 4. The summed E-state index contributed by atoms with van der Waals surface area (Å²) in [6, 6.07) is 2.32. The topological polar surface area (TPSA) is 89.2 Å². The van der Waals surface area contributed by atoms with Crippen LogP contribution in [0.3, 0.4) is 0 Å². The molecule has 0 aliphatic carbocycles. The molecule has 2 aromatic rings. The molecule has 7 nitrogen and oxygen atoms in total. The van der Waals surface area contributed by atoms with Crippen LogP contribution in [0.4, 0.5) is 11.9 Å². The standard InChI is InChI=1S/C11H15BrN6OS/c1-3-19-11-15-9(17-13)14-10(16-11)18(2)5-7-4-8(12)20-6-7/h4,6H,3,5,13H2,1-2H3,(H,14,15,16,17). The van der Waals surface area contributed by atoms with Crippen molar-refractivity contribution in [1.82, 2.24) is 15.0 Å². The van der Waals surface area contributed by atoms with Crippen molar-refractivity contribution in [3.63, 3.8) is 0 Å². The highest BCUT2D eigenvalue weighted by molar-refractivity contribution is 9.11. The average Bonchev–Trinajstić information content (AvgIpc) is 2.84. The quantitative estimate of drug-likeness (QED) is 0.602. The minimum atomic E-state index is 0.254. The second-order valence-electron chi connectivity index (χ2n) is 3.93. The van der Waals surface area contributed by atoms with Crippen LogP contribution < -0.4 is 20.9 Å². The zero-order chi connectivity index (χ0) is 14.5. The van der Waals surface area contributed by atoms with Crippen LogP contribution in [0.25, 0.3) is 0 Å². The van der Waals surface area contributed by atoms with E-state index >= 15 is 0 Å². The molecule has 3 N–H and O–H groups in total. The molecule has 2 aromatic heterocycles. The number of aromatic nitrogens is 3. The molecule has 0 saturated heterocycles. The fraction of sp³-hybridized carbons (Fsp3) is 0.364. The monoisotopic (exact) mass is 358 g/mol. The minimum absolute atomic E-state index is 0.254. The molecule has 0 aromatic carbocycles. The highest BCUT2D eigenvalue weighted by Crippen LogP contribution is 2.23. The van der Waals surface area contributed by atoms with E-state index in [1.165, 1.54) is 5.56 Å². The Labute approximate surface area is 129 Å². The second kappa shape index (κ2) is 6.82. The van der Waals surface area contributed by atoms with Crippen LogP contribution in [0.15, 0.2) is 15.2 Å². The molecular formula is C11H15BrN6OS. The van der Waals surface area contributed by atoms with E-state index in [1.807, 2.05) is 18.9 Å². The Morgan fingerprint density at radius 3 is 2.85 bits per heavy atom. The number of hydrogen-bond acceptors (Lipinski definition) is 8. The predicted molar refractivity (Wildman–Crippen MR) is 82.9 cm³/mol. The van der Waals surface area contributed by atoms with E-state index in [4.69, 9.17) is 10.6 Å². The molecule has 0 radical (unpaired) electrons. The summed E-state index contributed by atoms with van der Waals surface area (Å²) in [6.07, 6.45) is 0. The number of thiophene rings is 1. The molecule has 0 aliphatic heterocycles. The molecule has 0 fully saturated rings. The highest BCUT2D eigenvalue weighted by Gasteiger charge is 2.11. The van der Waals surface area contributed by atoms with Crippen molar-refractivity contribution in [2.75, 3.05) is 24.0 Å². The first-order valence-corrected chi connectivity index (χ1v) is 7.59. The Bertz CT molecular complexity index is 578. The Kier molecular flexibility index (Phi) is 5.10. The summed E-state index contributed by atoms with van der Waals surface area (Å²) in [5.41, 5.74) is 3.59. The lowest BCUT2D eigenvalue weighted by atomic mass is 10.3. The van der Waals surface area contributed by atoms with Crippen LogP contribution >= 0.6 is 27.3 Å². The van der Waals surface area contributed by atoms with Crippen molar-refractivity contribution in [1.29, 1.82) is 0 Å². The van der Waals surface area contributed by atoms with Crippen molar-refractivity contribution in [3.05, 3.63) is 20.8 Å². The Morgan fingerprint density at radius 1 is 1.45 bits per heavy atom. The lowest BCUT2D eigenvalue weighted by Crippen LogP contribution is -2.21. The van der Waals surface area contributed by atoms with Gasteiger partial charge in [0.05, 0.1) is 10.4 Å². The third-order valence-electron chi connectivity index (χ3n) is 2.39. The molecule has 20 heavy (non-hydrogen) atoms. The van der Waals surface area contributed by atoms with E-state index in [9.17, 15) is 0 Å². The van der Waals surface area contributed by atoms with E-state index < -0.39 is 0 Å². The summed E-state index contributed by atoms with van der Waals surface area (Å²) >= 11 is 5.09. The number of halogens is 1. The summed E-state index contributed by atoms with van der Waals surface area (Å²) in [7, 11) is 1.90. The van der Waals surface area contributed by atoms with Crippen molar-refractivity contribution < 1.29 is 4.74 Å². The maximum Gasteiger partial charge on any atom is 0.323 e. The van der Waals surface area contributed by atoms with Gasteiger partial charge in [0.25, 0.3) is 0 Å². The lowest BCUT2D eigenvalue weighted by Gasteiger charge is -2.17. The summed E-state index contributed by atoms with van der Waals surface area (Å²) in [5, 5.41) is 2.08. The second-order valence-corrected chi connectivity index (χ2v) is 6.22. The molecule has 0 saturated carbocycles. The first kappa shape index (κ1) is 14.9. The van der Waals surface area contributed by atoms with Crippen LogP contribution in [0.5, 0.6) is 6.01 Å². The Morgan fingerprint density at radius 2 is 2.25 bits per heavy atom. The van der Waals surface area contributed by atoms with Gasteiger partial charge < -0.3 is 9.64 Å². The van der Waals surface area contributed by atoms with Gasteiger partial charge in [0.15, 0.2) is 0 Å². The largest absolute Gasteiger partial charge is 0.464 e. The van der Waals surface area contributed by atoms with E-state index in [0.29, 0.717) is 19.1 Å². The molecule has 0 unspecified atom stereocenters. The Balaban J connectivity index is 2.19. The molecule has 0 aliphatic rings. The molecule has 0 bridgehead atoms. The van der Waals surface area contributed by atoms with Crippen LogP contribution in [0.2, 0.25) is 0 Å². The van der Waals surface area contributed by atoms with Crippen molar-refractivity contribution >= 4 is 39.2 Å². The van der Waals surface area contributed by atoms with Gasteiger partial charge in [-0.1, -0.05) is 0 Å². The molecular weight excluding hydrogens is 344 g/mol. The summed E-state index contributed by atoms with van der Waals surface area (Å²) < 4.78 is 6.40. The van der Waals surface area contributed by atoms with Crippen LogP contribution in [0.1, 0.15) is 12.5 Å². The molecule has 2 heterocycles. The first-order chi connectivity index (χ1) is 9.62. The van der Waals surface area contributed by atoms with Crippen LogP contribution in [0, 0.1) is 0 Å². The van der Waals surface area contributed by atoms with E-state index in [0.717, 1.165) is 3.79 Å². The number of nitrogen functional groups attached to an aromatic ring is 1. The highest BCUT2D eigenvalue weighted by atomic mass is 79.9. The molecule has 9 heteroatoms. The number of hydrogen-bond donors (Lipinski definition) is 2. The van der Waals surface area contributed by atoms with Gasteiger partial charge in [0.1, 0.15) is 0 Å². The van der Waals surface area contributed by atoms with Crippen LogP contribution in [-0.4, -0.2) is 28.6 Å². The van der Waals surface area contributed by atoms with Crippen LogP contribution in [-0.2, 0) is 6.54 Å². The minimum Gasteiger partial charge on any atom is -0.464 e. The fourth-order valence-electron chi connectivity index (χ4n) is 1.55. The SMILES string of the molecule is CCOc1nc(NN)nc(N(C)Cc2csc(Br)c2)n1. The van der Waals surface area contributed by atoms with Gasteiger partial charge in [-0.25, -0.2) is 5.84 Å². The number of nitrogens with one attached hydrogen (secondary N) is 1. The summed E-state index contributed by atoms with van der Waals surface area (Å²) in [5.74, 6) is 6.13. The van der Waals surface area contributed by atoms with Gasteiger partial charge in [0.2, 0.25) is 11.9 Å². The maximum atomic E-state index is 5.36. The molecule has 108 valence electrons. The van der Waals surface area contributed by atoms with Crippen molar-refractivity contribution in [3.8, 4) is 6.01 Å². The normalized spacial score (nSPS) is 10.4. The van der Waals surface area contributed by atoms with Gasteiger partial charge in [0, 0.05) is 13.6 Å². The smallest absolute Gasteiger partial charge is 0.323 e. The van der Waals surface area contributed by atoms with Gasteiger partial charge in [-0.2, -0.15) is 15.0 Å². The fourth-order valence-corrected chi connectivity index (χ4v) is 2.75. The molecule has 0 spiro atoms. The van der Waals surface area contributed by atoms with Gasteiger partial charge >= 0.3 is 6.01 Å². The van der Waals surface area contributed by atoms with E-state index in [1.54, 1.807) is 11.3 Å². The number of nitrogens with two attached hydrogens (primary N) is 1. The number of ether oxygens (including phenoxy) is 1. The number of anilines is 2. The average molecular weight is 359 g/mol. The van der Waals surface area contributed by atoms with E-state index in [-0.39, 0.29) is 12.0 Å². The predicted octanol–water partition coefficient (Wildman–Crippen LogP) is 2.02. The number of hydrazine groups is 1. The third kappa shape index (κ3) is 3.78. The first-order valence-electron chi connectivity index (χ1n) is 5.92. The van der Waals surface area contributed by atoms with Crippen molar-refractivity contribution in [2.24, 2.45) is 5.84 Å². The van der Waals surface area contributed by atoms with Gasteiger partial charge in [-0.05, 0) is 39.9 Å². The summed E-state index contributed by atoms with van der Waals surface area (Å²) in [4.78, 5) is 14.4.